The maximum atomic E-state index is 12.8. The summed E-state index contributed by atoms with van der Waals surface area (Å²) < 4.78 is 17.8. The molecule has 0 saturated heterocycles. The Bertz CT molecular complexity index is 823. The molecule has 0 aromatic heterocycles. The van der Waals surface area contributed by atoms with Crippen molar-refractivity contribution in [3.05, 3.63) is 64.0 Å². The van der Waals surface area contributed by atoms with Crippen LogP contribution >= 0.6 is 0 Å². The van der Waals surface area contributed by atoms with Crippen LogP contribution in [0.2, 0.25) is 0 Å². The summed E-state index contributed by atoms with van der Waals surface area (Å²) >= 11 is 0. The van der Waals surface area contributed by atoms with Gasteiger partial charge >= 0.3 is 5.97 Å². The van der Waals surface area contributed by atoms with Crippen LogP contribution in [0.15, 0.2) is 42.5 Å². The van der Waals surface area contributed by atoms with Crippen molar-refractivity contribution in [1.82, 2.24) is 0 Å². The zero-order valence-electron chi connectivity index (χ0n) is 13.1. The first-order valence-corrected chi connectivity index (χ1v) is 7.09. The zero-order valence-corrected chi connectivity index (χ0v) is 13.1. The third kappa shape index (κ3) is 4.50. The van der Waals surface area contributed by atoms with Crippen LogP contribution in [0.4, 0.5) is 21.5 Å². The molecule has 0 bridgehead atoms. The topological polar surface area (TPSA) is 125 Å². The molecule has 3 N–H and O–H groups in total. The van der Waals surface area contributed by atoms with E-state index >= 15 is 0 Å². The van der Waals surface area contributed by atoms with Gasteiger partial charge in [-0.3, -0.25) is 14.9 Å². The van der Waals surface area contributed by atoms with Crippen molar-refractivity contribution in [2.45, 2.75) is 13.0 Å². The smallest absolute Gasteiger partial charge is 0.341 e. The Morgan fingerprint density at radius 2 is 1.88 bits per heavy atom. The maximum absolute atomic E-state index is 12.8. The second-order valence-electron chi connectivity index (χ2n) is 5.07. The Balaban J connectivity index is 2.06. The summed E-state index contributed by atoms with van der Waals surface area (Å²) in [6, 6.07) is 8.35. The summed E-state index contributed by atoms with van der Waals surface area (Å²) in [5.41, 5.74) is 5.39. The lowest BCUT2D eigenvalue weighted by atomic mass is 10.1. The lowest BCUT2D eigenvalue weighted by Gasteiger charge is -2.14. The molecular weight excluding hydrogens is 333 g/mol. The van der Waals surface area contributed by atoms with Gasteiger partial charge in [-0.25, -0.2) is 9.18 Å². The monoisotopic (exact) mass is 347 g/mol. The van der Waals surface area contributed by atoms with Crippen LogP contribution in [0.25, 0.3) is 0 Å². The predicted molar refractivity (Wildman–Crippen MR) is 87.4 cm³/mol. The van der Waals surface area contributed by atoms with Crippen molar-refractivity contribution in [3.8, 4) is 0 Å². The lowest BCUT2D eigenvalue weighted by molar-refractivity contribution is -0.384. The van der Waals surface area contributed by atoms with Gasteiger partial charge in [-0.1, -0.05) is 0 Å². The Morgan fingerprint density at radius 1 is 1.24 bits per heavy atom. The zero-order chi connectivity index (χ0) is 18.6. The van der Waals surface area contributed by atoms with E-state index in [2.05, 4.69) is 5.32 Å². The minimum atomic E-state index is -1.20. The van der Waals surface area contributed by atoms with Crippen LogP contribution in [-0.2, 0) is 9.53 Å². The van der Waals surface area contributed by atoms with Gasteiger partial charge < -0.3 is 15.8 Å². The lowest BCUT2D eigenvalue weighted by Crippen LogP contribution is -2.30. The Kier molecular flexibility index (Phi) is 5.28. The SMILES string of the molecule is CC(OC(=O)c1cc([N+](=O)[O-])ccc1N)C(=O)Nc1ccc(F)cc1. The molecule has 0 spiro atoms. The van der Waals surface area contributed by atoms with Crippen molar-refractivity contribution in [2.24, 2.45) is 0 Å². The van der Waals surface area contributed by atoms with Gasteiger partial charge in [0.1, 0.15) is 5.82 Å². The van der Waals surface area contributed by atoms with E-state index in [4.69, 9.17) is 10.5 Å². The number of nitrogens with two attached hydrogens (primary N) is 1. The number of nitrogen functional groups attached to an aromatic ring is 1. The van der Waals surface area contributed by atoms with E-state index in [0.29, 0.717) is 5.69 Å². The molecular formula is C16H14FN3O5. The highest BCUT2D eigenvalue weighted by atomic mass is 19.1. The van der Waals surface area contributed by atoms with Crippen LogP contribution in [0, 0.1) is 15.9 Å². The fourth-order valence-electron chi connectivity index (χ4n) is 1.89. The van der Waals surface area contributed by atoms with Crippen LogP contribution in [0.5, 0.6) is 0 Å². The van der Waals surface area contributed by atoms with Crippen LogP contribution in [0.3, 0.4) is 0 Å². The molecule has 0 aliphatic rings. The number of nitrogens with zero attached hydrogens (tertiary/aromatic N) is 1. The van der Waals surface area contributed by atoms with Gasteiger partial charge in [0.2, 0.25) is 0 Å². The molecule has 1 atom stereocenters. The molecule has 130 valence electrons. The standard InChI is InChI=1S/C16H14FN3O5/c1-9(15(21)19-11-4-2-10(17)3-5-11)25-16(22)13-8-12(20(23)24)6-7-14(13)18/h2-9H,18H2,1H3,(H,19,21). The van der Waals surface area contributed by atoms with Gasteiger partial charge in [0, 0.05) is 23.5 Å². The fourth-order valence-corrected chi connectivity index (χ4v) is 1.89. The average molecular weight is 347 g/mol. The van der Waals surface area contributed by atoms with Gasteiger partial charge in [-0.05, 0) is 37.3 Å². The Labute approximate surface area is 141 Å². The summed E-state index contributed by atoms with van der Waals surface area (Å²) in [5, 5.41) is 13.2. The maximum Gasteiger partial charge on any atom is 0.341 e. The molecule has 1 amide bonds. The van der Waals surface area contributed by atoms with Crippen molar-refractivity contribution in [2.75, 3.05) is 11.1 Å². The highest BCUT2D eigenvalue weighted by molar-refractivity contribution is 5.99. The van der Waals surface area contributed by atoms with E-state index in [0.717, 1.165) is 24.3 Å². The number of benzene rings is 2. The number of nitrogens with one attached hydrogen (secondary N) is 1. The fraction of sp³-hybridized carbons (Fsp3) is 0.125. The second-order valence-corrected chi connectivity index (χ2v) is 5.07. The van der Waals surface area contributed by atoms with Crippen LogP contribution < -0.4 is 11.1 Å². The molecule has 1 unspecified atom stereocenters. The summed E-state index contributed by atoms with van der Waals surface area (Å²) in [6.45, 7) is 1.32. The van der Waals surface area contributed by atoms with Crippen molar-refractivity contribution in [1.29, 1.82) is 0 Å². The van der Waals surface area contributed by atoms with Gasteiger partial charge in [0.15, 0.2) is 6.10 Å². The minimum Gasteiger partial charge on any atom is -0.449 e. The molecule has 0 aliphatic heterocycles. The van der Waals surface area contributed by atoms with Crippen molar-refractivity contribution < 1.29 is 23.6 Å². The quantitative estimate of drug-likeness (QED) is 0.370. The van der Waals surface area contributed by atoms with E-state index in [-0.39, 0.29) is 16.9 Å². The van der Waals surface area contributed by atoms with E-state index in [9.17, 15) is 24.1 Å². The summed E-state index contributed by atoms with van der Waals surface area (Å²) in [7, 11) is 0. The van der Waals surface area contributed by atoms with E-state index < -0.39 is 28.7 Å². The predicted octanol–water partition coefficient (Wildman–Crippen LogP) is 2.50. The number of carbonyl (C=O) groups excluding carboxylic acids is 2. The molecule has 0 saturated carbocycles. The number of esters is 1. The average Bonchev–Trinajstić information content (AvgIpc) is 2.56. The molecule has 0 fully saturated rings. The van der Waals surface area contributed by atoms with E-state index in [1.807, 2.05) is 0 Å². The van der Waals surface area contributed by atoms with Crippen molar-refractivity contribution in [3.63, 3.8) is 0 Å². The highest BCUT2D eigenvalue weighted by Gasteiger charge is 2.22. The van der Waals surface area contributed by atoms with Crippen LogP contribution in [0.1, 0.15) is 17.3 Å². The normalized spacial score (nSPS) is 11.4. The summed E-state index contributed by atoms with van der Waals surface area (Å²) in [4.78, 5) is 34.2. The number of hydrogen-bond acceptors (Lipinski definition) is 6. The number of ether oxygens (including phenoxy) is 1. The van der Waals surface area contributed by atoms with Crippen LogP contribution in [-0.4, -0.2) is 22.9 Å². The van der Waals surface area contributed by atoms with Gasteiger partial charge in [-0.2, -0.15) is 0 Å². The van der Waals surface area contributed by atoms with Gasteiger partial charge in [0.05, 0.1) is 10.5 Å². The first kappa shape index (κ1) is 17.9. The van der Waals surface area contributed by atoms with Gasteiger partial charge in [-0.15, -0.1) is 0 Å². The number of halogens is 1. The number of nitro groups is 1. The molecule has 2 rings (SSSR count). The Morgan fingerprint density at radius 3 is 2.48 bits per heavy atom. The molecule has 0 radical (unpaired) electrons. The first-order valence-electron chi connectivity index (χ1n) is 7.09. The van der Waals surface area contributed by atoms with E-state index in [1.54, 1.807) is 0 Å². The molecule has 2 aromatic rings. The summed E-state index contributed by atoms with van der Waals surface area (Å²) in [6.07, 6.45) is -1.20. The number of rotatable bonds is 5. The largest absolute Gasteiger partial charge is 0.449 e. The third-order valence-corrected chi connectivity index (χ3v) is 3.23. The van der Waals surface area contributed by atoms with Crippen molar-refractivity contribution >= 4 is 28.9 Å². The first-order chi connectivity index (χ1) is 11.8. The number of nitro benzene ring substituents is 1. The number of carbonyl (C=O) groups is 2. The molecule has 2 aromatic carbocycles. The minimum absolute atomic E-state index is 0.0123. The number of anilines is 2. The molecule has 9 heteroatoms. The third-order valence-electron chi connectivity index (χ3n) is 3.23. The summed E-state index contributed by atoms with van der Waals surface area (Å²) in [5.74, 6) is -2.08. The molecule has 25 heavy (non-hydrogen) atoms. The van der Waals surface area contributed by atoms with Gasteiger partial charge in [0.25, 0.3) is 11.6 Å². The number of hydrogen-bond donors (Lipinski definition) is 2. The molecule has 8 nitrogen and oxygen atoms in total. The number of non-ortho nitro benzene ring substituents is 1. The Hall–Kier alpha value is -3.49. The molecule has 0 heterocycles. The van der Waals surface area contributed by atoms with E-state index in [1.165, 1.54) is 25.1 Å². The second kappa shape index (κ2) is 7.39. The highest BCUT2D eigenvalue weighted by Crippen LogP contribution is 2.21. The molecule has 0 aliphatic carbocycles. The number of amides is 1.